The lowest BCUT2D eigenvalue weighted by molar-refractivity contribution is 0.0949. The van der Waals surface area contributed by atoms with Crippen molar-refractivity contribution < 1.29 is 5.11 Å². The highest BCUT2D eigenvalue weighted by Crippen LogP contribution is 2.33. The molecule has 1 aromatic rings. The van der Waals surface area contributed by atoms with E-state index in [0.29, 0.717) is 6.04 Å². The van der Waals surface area contributed by atoms with Gasteiger partial charge >= 0.3 is 0 Å². The summed E-state index contributed by atoms with van der Waals surface area (Å²) in [4.78, 5) is 0. The molecule has 1 heterocycles. The van der Waals surface area contributed by atoms with Gasteiger partial charge in [-0.3, -0.25) is 0 Å². The van der Waals surface area contributed by atoms with Crippen molar-refractivity contribution in [3.05, 3.63) is 24.0 Å². The van der Waals surface area contributed by atoms with Crippen LogP contribution < -0.4 is 0 Å². The third kappa shape index (κ3) is 2.25. The largest absolute Gasteiger partial charge is 0.393 e. The number of nitrogens with zero attached hydrogens (tertiary/aromatic N) is 1. The van der Waals surface area contributed by atoms with Crippen molar-refractivity contribution in [2.45, 2.75) is 51.7 Å². The van der Waals surface area contributed by atoms with Crippen LogP contribution in [0.5, 0.6) is 0 Å². The second-order valence-electron chi connectivity index (χ2n) is 4.87. The van der Waals surface area contributed by atoms with E-state index in [9.17, 15) is 5.11 Å². The van der Waals surface area contributed by atoms with Crippen LogP contribution >= 0.6 is 0 Å². The Morgan fingerprint density at radius 2 is 2.00 bits per heavy atom. The molecule has 1 aromatic heterocycles. The van der Waals surface area contributed by atoms with Gasteiger partial charge in [0.1, 0.15) is 0 Å². The van der Waals surface area contributed by atoms with Crippen LogP contribution in [0.15, 0.2) is 18.3 Å². The molecule has 0 radical (unpaired) electrons. The van der Waals surface area contributed by atoms with Crippen LogP contribution in [0.4, 0.5) is 0 Å². The summed E-state index contributed by atoms with van der Waals surface area (Å²) in [5.41, 5.74) is 1.34. The molecule has 0 aliphatic heterocycles. The first-order valence-corrected chi connectivity index (χ1v) is 6.00. The van der Waals surface area contributed by atoms with E-state index in [-0.39, 0.29) is 6.10 Å². The Labute approximate surface area is 91.9 Å². The van der Waals surface area contributed by atoms with Crippen LogP contribution in [0, 0.1) is 12.8 Å². The maximum absolute atomic E-state index is 9.49. The Kier molecular flexibility index (Phi) is 3.15. The highest BCUT2D eigenvalue weighted by Gasteiger charge is 2.25. The molecule has 2 nitrogen and oxygen atoms in total. The second kappa shape index (κ2) is 4.40. The fourth-order valence-corrected chi connectivity index (χ4v) is 2.75. The topological polar surface area (TPSA) is 25.2 Å². The lowest BCUT2D eigenvalue weighted by Gasteiger charge is -2.31. The monoisotopic (exact) mass is 207 g/mol. The maximum atomic E-state index is 9.49. The molecule has 0 bridgehead atoms. The maximum Gasteiger partial charge on any atom is 0.0540 e. The van der Waals surface area contributed by atoms with Gasteiger partial charge in [0.25, 0.3) is 0 Å². The minimum Gasteiger partial charge on any atom is -0.393 e. The van der Waals surface area contributed by atoms with Gasteiger partial charge in [-0.05, 0) is 57.6 Å². The van der Waals surface area contributed by atoms with E-state index in [0.717, 1.165) is 18.8 Å². The zero-order valence-corrected chi connectivity index (χ0v) is 9.69. The first kappa shape index (κ1) is 10.7. The van der Waals surface area contributed by atoms with Crippen LogP contribution in [-0.4, -0.2) is 15.8 Å². The number of hydrogen-bond acceptors (Lipinski definition) is 1. The van der Waals surface area contributed by atoms with E-state index >= 15 is 0 Å². The summed E-state index contributed by atoms with van der Waals surface area (Å²) in [5.74, 6) is 0.736. The Bertz CT molecular complexity index is 310. The first-order chi connectivity index (χ1) is 7.18. The molecular formula is C13H21NO. The van der Waals surface area contributed by atoms with Gasteiger partial charge in [-0.15, -0.1) is 0 Å². The summed E-state index contributed by atoms with van der Waals surface area (Å²) in [5, 5.41) is 9.49. The van der Waals surface area contributed by atoms with Crippen molar-refractivity contribution in [2.24, 2.45) is 5.92 Å². The Morgan fingerprint density at radius 1 is 1.33 bits per heavy atom. The lowest BCUT2D eigenvalue weighted by atomic mass is 9.83. The first-order valence-electron chi connectivity index (χ1n) is 6.00. The zero-order chi connectivity index (χ0) is 10.8. The average Bonchev–Trinajstić information content (AvgIpc) is 2.65. The van der Waals surface area contributed by atoms with Crippen molar-refractivity contribution >= 4 is 0 Å². The number of aryl methyl sites for hydroxylation is 1. The van der Waals surface area contributed by atoms with Gasteiger partial charge in [0.2, 0.25) is 0 Å². The molecule has 1 aliphatic rings. The fraction of sp³-hybridized carbons (Fsp3) is 0.692. The van der Waals surface area contributed by atoms with E-state index in [1.165, 1.54) is 18.5 Å². The van der Waals surface area contributed by atoms with Crippen LogP contribution in [-0.2, 0) is 0 Å². The summed E-state index contributed by atoms with van der Waals surface area (Å²) in [7, 11) is 0. The molecule has 1 saturated carbocycles. The van der Waals surface area contributed by atoms with Gasteiger partial charge in [-0.2, -0.15) is 0 Å². The normalized spacial score (nSPS) is 29.0. The third-order valence-corrected chi connectivity index (χ3v) is 3.85. The quantitative estimate of drug-likeness (QED) is 0.792. The summed E-state index contributed by atoms with van der Waals surface area (Å²) in [6.07, 6.45) is 6.43. The molecular weight excluding hydrogens is 186 g/mol. The average molecular weight is 207 g/mol. The predicted octanol–water partition coefficient (Wildman–Crippen LogP) is 2.91. The second-order valence-corrected chi connectivity index (χ2v) is 4.87. The van der Waals surface area contributed by atoms with E-state index in [4.69, 9.17) is 0 Å². The molecule has 0 saturated heterocycles. The molecule has 0 amide bonds. The molecule has 15 heavy (non-hydrogen) atoms. The van der Waals surface area contributed by atoms with E-state index in [1.807, 2.05) is 0 Å². The number of hydrogen-bond donors (Lipinski definition) is 1. The number of aliphatic hydroxyl groups excluding tert-OH is 1. The smallest absolute Gasteiger partial charge is 0.0540 e. The molecule has 1 atom stereocenters. The van der Waals surface area contributed by atoms with Gasteiger partial charge in [0.15, 0.2) is 0 Å². The molecule has 1 N–H and O–H groups in total. The Hall–Kier alpha value is -0.760. The van der Waals surface area contributed by atoms with Crippen molar-refractivity contribution in [3.63, 3.8) is 0 Å². The Balaban J connectivity index is 2.02. The SMILES string of the molecule is Cc1cccn1C(C)C1CCC(O)CC1. The molecule has 2 rings (SSSR count). The van der Waals surface area contributed by atoms with Gasteiger partial charge in [-0.25, -0.2) is 0 Å². The Morgan fingerprint density at radius 3 is 2.53 bits per heavy atom. The van der Waals surface area contributed by atoms with Gasteiger partial charge < -0.3 is 9.67 Å². The van der Waals surface area contributed by atoms with Crippen molar-refractivity contribution in [1.82, 2.24) is 4.57 Å². The van der Waals surface area contributed by atoms with Crippen LogP contribution in [0.3, 0.4) is 0 Å². The fourth-order valence-electron chi connectivity index (χ4n) is 2.75. The van der Waals surface area contributed by atoms with Gasteiger partial charge in [-0.1, -0.05) is 0 Å². The third-order valence-electron chi connectivity index (χ3n) is 3.85. The molecule has 1 aliphatic carbocycles. The van der Waals surface area contributed by atoms with Crippen molar-refractivity contribution in [2.75, 3.05) is 0 Å². The molecule has 0 spiro atoms. The number of aliphatic hydroxyl groups is 1. The van der Waals surface area contributed by atoms with E-state index in [1.54, 1.807) is 0 Å². The minimum absolute atomic E-state index is 0.0424. The summed E-state index contributed by atoms with van der Waals surface area (Å²) in [6, 6.07) is 4.85. The van der Waals surface area contributed by atoms with E-state index in [2.05, 4.69) is 36.7 Å². The minimum atomic E-state index is -0.0424. The van der Waals surface area contributed by atoms with Crippen LogP contribution in [0.1, 0.15) is 44.3 Å². The summed E-state index contributed by atoms with van der Waals surface area (Å²) >= 11 is 0. The molecule has 1 unspecified atom stereocenters. The van der Waals surface area contributed by atoms with Crippen molar-refractivity contribution in [1.29, 1.82) is 0 Å². The molecule has 84 valence electrons. The van der Waals surface area contributed by atoms with Crippen LogP contribution in [0.2, 0.25) is 0 Å². The van der Waals surface area contributed by atoms with Crippen LogP contribution in [0.25, 0.3) is 0 Å². The lowest BCUT2D eigenvalue weighted by Crippen LogP contribution is -2.24. The number of rotatable bonds is 2. The highest BCUT2D eigenvalue weighted by atomic mass is 16.3. The number of aromatic nitrogens is 1. The standard InChI is InChI=1S/C13H21NO/c1-10-4-3-9-14(10)11(2)12-5-7-13(15)8-6-12/h3-4,9,11-13,15H,5-8H2,1-2H3. The molecule has 0 aromatic carbocycles. The summed E-state index contributed by atoms with van der Waals surface area (Å²) in [6.45, 7) is 4.46. The summed E-state index contributed by atoms with van der Waals surface area (Å²) < 4.78 is 2.36. The highest BCUT2D eigenvalue weighted by molar-refractivity contribution is 5.06. The molecule has 2 heteroatoms. The van der Waals surface area contributed by atoms with Gasteiger partial charge in [0, 0.05) is 17.9 Å². The molecule has 1 fully saturated rings. The van der Waals surface area contributed by atoms with Gasteiger partial charge in [0.05, 0.1) is 6.10 Å². The van der Waals surface area contributed by atoms with Crippen molar-refractivity contribution in [3.8, 4) is 0 Å². The predicted molar refractivity (Wildman–Crippen MR) is 61.8 cm³/mol. The van der Waals surface area contributed by atoms with E-state index < -0.39 is 0 Å². The zero-order valence-electron chi connectivity index (χ0n) is 9.69.